The fourth-order valence-electron chi connectivity index (χ4n) is 2.08. The lowest BCUT2D eigenvalue weighted by atomic mass is 10.3. The van der Waals surface area contributed by atoms with E-state index in [4.69, 9.17) is 15.2 Å². The van der Waals surface area contributed by atoms with E-state index >= 15 is 0 Å². The number of carbonyl (C=O) groups excluding carboxylic acids is 1. The van der Waals surface area contributed by atoms with E-state index < -0.39 is 0 Å². The average molecular weight is 362 g/mol. The molecule has 2 aromatic rings. The van der Waals surface area contributed by atoms with Crippen molar-refractivity contribution in [2.75, 3.05) is 32.6 Å². The van der Waals surface area contributed by atoms with Crippen LogP contribution < -0.4 is 25.8 Å². The summed E-state index contributed by atoms with van der Waals surface area (Å²) in [6.45, 7) is 1.06. The molecule has 0 radical (unpaired) electrons. The first-order valence-corrected chi connectivity index (χ1v) is 8.62. The van der Waals surface area contributed by atoms with Crippen LogP contribution in [0.15, 0.2) is 40.7 Å². The van der Waals surface area contributed by atoms with Crippen molar-refractivity contribution in [1.82, 2.24) is 5.32 Å². The van der Waals surface area contributed by atoms with Crippen LogP contribution in [-0.2, 0) is 0 Å². The van der Waals surface area contributed by atoms with Crippen molar-refractivity contribution in [2.24, 2.45) is 10.7 Å². The van der Waals surface area contributed by atoms with Gasteiger partial charge in [0.1, 0.15) is 0 Å². The molecule has 0 spiro atoms. The quantitative estimate of drug-likeness (QED) is 0.380. The van der Waals surface area contributed by atoms with Gasteiger partial charge in [-0.15, -0.1) is 11.3 Å². The molecule has 0 fully saturated rings. The summed E-state index contributed by atoms with van der Waals surface area (Å²) in [4.78, 5) is 16.7. The average Bonchev–Trinajstić information content (AvgIpc) is 3.16. The summed E-state index contributed by atoms with van der Waals surface area (Å²) in [6, 6.07) is 9.04. The molecule has 0 aliphatic heterocycles. The Bertz CT molecular complexity index is 717. The Hall–Kier alpha value is -2.74. The molecule has 2 rings (SSSR count). The topological polar surface area (TPSA) is 98.0 Å². The molecule has 4 N–H and O–H groups in total. The first-order chi connectivity index (χ1) is 12.1. The van der Waals surface area contributed by atoms with E-state index in [1.165, 1.54) is 11.3 Å². The van der Waals surface area contributed by atoms with Crippen LogP contribution >= 0.6 is 11.3 Å². The molecule has 0 aliphatic rings. The Morgan fingerprint density at radius 3 is 2.72 bits per heavy atom. The van der Waals surface area contributed by atoms with Crippen LogP contribution in [0.2, 0.25) is 0 Å². The zero-order valence-corrected chi connectivity index (χ0v) is 15.1. The van der Waals surface area contributed by atoms with Crippen molar-refractivity contribution in [1.29, 1.82) is 0 Å². The van der Waals surface area contributed by atoms with Gasteiger partial charge in [0.15, 0.2) is 17.5 Å². The molecule has 0 bridgehead atoms. The lowest BCUT2D eigenvalue weighted by Crippen LogP contribution is -2.25. The van der Waals surface area contributed by atoms with Crippen molar-refractivity contribution in [2.45, 2.75) is 6.42 Å². The molecular weight excluding hydrogens is 340 g/mol. The lowest BCUT2D eigenvalue weighted by Gasteiger charge is -2.11. The third kappa shape index (κ3) is 5.68. The Morgan fingerprint density at radius 2 is 2.04 bits per heavy atom. The number of ether oxygens (including phenoxy) is 2. The number of hydrogen-bond acceptors (Lipinski definition) is 5. The minimum absolute atomic E-state index is 0.0598. The first kappa shape index (κ1) is 18.6. The van der Waals surface area contributed by atoms with Crippen LogP contribution in [0.25, 0.3) is 0 Å². The Labute approximate surface area is 150 Å². The van der Waals surface area contributed by atoms with Crippen LogP contribution in [0.1, 0.15) is 16.1 Å². The van der Waals surface area contributed by atoms with Crippen LogP contribution in [-0.4, -0.2) is 39.2 Å². The van der Waals surface area contributed by atoms with Crippen molar-refractivity contribution < 1.29 is 14.3 Å². The van der Waals surface area contributed by atoms with Crippen molar-refractivity contribution in [3.05, 3.63) is 40.6 Å². The monoisotopic (exact) mass is 362 g/mol. The molecule has 134 valence electrons. The second kappa shape index (κ2) is 9.53. The molecule has 1 aromatic heterocycles. The van der Waals surface area contributed by atoms with Crippen LogP contribution in [0, 0.1) is 0 Å². The van der Waals surface area contributed by atoms with Gasteiger partial charge in [-0.2, -0.15) is 0 Å². The number of benzene rings is 1. The van der Waals surface area contributed by atoms with Gasteiger partial charge < -0.3 is 25.8 Å². The predicted octanol–water partition coefficient (Wildman–Crippen LogP) is 2.31. The highest BCUT2D eigenvalue weighted by atomic mass is 32.1. The second-order valence-corrected chi connectivity index (χ2v) is 6.00. The number of hydrogen-bond donors (Lipinski definition) is 3. The number of carbonyl (C=O) groups is 1. The first-order valence-electron chi connectivity index (χ1n) is 7.74. The van der Waals surface area contributed by atoms with E-state index in [1.807, 2.05) is 17.5 Å². The maximum absolute atomic E-state index is 11.8. The highest BCUT2D eigenvalue weighted by Gasteiger charge is 2.06. The fraction of sp³-hybridized carbons (Fsp3) is 0.294. The normalized spacial score (nSPS) is 11.0. The molecule has 1 heterocycles. The smallest absolute Gasteiger partial charge is 0.261 e. The number of rotatable bonds is 8. The van der Waals surface area contributed by atoms with Gasteiger partial charge in [-0.3, -0.25) is 9.79 Å². The van der Waals surface area contributed by atoms with Gasteiger partial charge in [0.2, 0.25) is 0 Å². The van der Waals surface area contributed by atoms with E-state index in [2.05, 4.69) is 15.6 Å². The van der Waals surface area contributed by atoms with Crippen molar-refractivity contribution in [3.8, 4) is 11.5 Å². The van der Waals surface area contributed by atoms with Gasteiger partial charge in [-0.1, -0.05) is 6.07 Å². The van der Waals surface area contributed by atoms with Gasteiger partial charge in [-0.25, -0.2) is 0 Å². The number of anilines is 1. The summed E-state index contributed by atoms with van der Waals surface area (Å²) in [5.41, 5.74) is 6.62. The molecule has 8 heteroatoms. The molecule has 0 unspecified atom stereocenters. The molecule has 25 heavy (non-hydrogen) atoms. The molecule has 0 saturated heterocycles. The number of methoxy groups -OCH3 is 2. The summed E-state index contributed by atoms with van der Waals surface area (Å²) in [6.07, 6.45) is 0.700. The minimum Gasteiger partial charge on any atom is -0.493 e. The molecule has 1 aromatic carbocycles. The summed E-state index contributed by atoms with van der Waals surface area (Å²) in [5, 5.41) is 7.72. The minimum atomic E-state index is -0.0598. The molecule has 7 nitrogen and oxygen atoms in total. The summed E-state index contributed by atoms with van der Waals surface area (Å²) < 4.78 is 10.4. The number of amides is 1. The number of thiophene rings is 1. The maximum atomic E-state index is 11.8. The highest BCUT2D eigenvalue weighted by Crippen LogP contribution is 2.29. The Kier molecular flexibility index (Phi) is 7.09. The Balaban J connectivity index is 1.75. The standard InChI is InChI=1S/C17H22N4O3S/c1-23-13-7-6-12(11-14(13)24-2)21-17(18)20-9-4-8-19-16(22)15-5-3-10-25-15/h3,5-7,10-11H,4,8-9H2,1-2H3,(H,19,22)(H3,18,20,21). The van der Waals surface area contributed by atoms with Crippen molar-refractivity contribution in [3.63, 3.8) is 0 Å². The largest absolute Gasteiger partial charge is 0.493 e. The third-order valence-corrected chi connectivity index (χ3v) is 4.17. The number of nitrogens with two attached hydrogens (primary N) is 1. The maximum Gasteiger partial charge on any atom is 0.261 e. The van der Waals surface area contributed by atoms with Crippen LogP contribution in [0.5, 0.6) is 11.5 Å². The van der Waals surface area contributed by atoms with E-state index in [-0.39, 0.29) is 5.91 Å². The molecule has 0 atom stereocenters. The summed E-state index contributed by atoms with van der Waals surface area (Å²) in [7, 11) is 3.15. The SMILES string of the molecule is COc1ccc(NC(N)=NCCCNC(=O)c2cccs2)cc1OC. The van der Waals surface area contributed by atoms with Gasteiger partial charge in [-0.05, 0) is 30.0 Å². The van der Waals surface area contributed by atoms with E-state index in [0.717, 1.165) is 5.69 Å². The van der Waals surface area contributed by atoms with E-state index in [0.29, 0.717) is 41.8 Å². The van der Waals surface area contributed by atoms with Crippen LogP contribution in [0.4, 0.5) is 5.69 Å². The third-order valence-electron chi connectivity index (χ3n) is 3.30. The highest BCUT2D eigenvalue weighted by molar-refractivity contribution is 7.12. The molecule has 1 amide bonds. The molecular formula is C17H22N4O3S. The predicted molar refractivity (Wildman–Crippen MR) is 101 cm³/mol. The zero-order valence-electron chi connectivity index (χ0n) is 14.2. The molecule has 0 aliphatic carbocycles. The van der Waals surface area contributed by atoms with Gasteiger partial charge in [0.25, 0.3) is 5.91 Å². The Morgan fingerprint density at radius 1 is 1.24 bits per heavy atom. The number of aliphatic imine (C=N–C) groups is 1. The van der Waals surface area contributed by atoms with Gasteiger partial charge in [0.05, 0.1) is 19.1 Å². The van der Waals surface area contributed by atoms with Crippen molar-refractivity contribution >= 4 is 28.9 Å². The number of nitrogens with zero attached hydrogens (tertiary/aromatic N) is 1. The summed E-state index contributed by atoms with van der Waals surface area (Å²) in [5.74, 6) is 1.49. The van der Waals surface area contributed by atoms with Gasteiger partial charge in [0, 0.05) is 24.8 Å². The lowest BCUT2D eigenvalue weighted by molar-refractivity contribution is 0.0957. The number of nitrogens with one attached hydrogen (secondary N) is 2. The van der Waals surface area contributed by atoms with E-state index in [1.54, 1.807) is 32.4 Å². The summed E-state index contributed by atoms with van der Waals surface area (Å²) >= 11 is 1.42. The zero-order chi connectivity index (χ0) is 18.1. The second-order valence-electron chi connectivity index (χ2n) is 5.05. The number of guanidine groups is 1. The fourth-order valence-corrected chi connectivity index (χ4v) is 2.72. The molecule has 0 saturated carbocycles. The van der Waals surface area contributed by atoms with E-state index in [9.17, 15) is 4.79 Å². The van der Waals surface area contributed by atoms with Crippen LogP contribution in [0.3, 0.4) is 0 Å². The van der Waals surface area contributed by atoms with Gasteiger partial charge >= 0.3 is 0 Å².